The summed E-state index contributed by atoms with van der Waals surface area (Å²) in [6.45, 7) is -0.687. The van der Waals surface area contributed by atoms with Crippen LogP contribution in [0.3, 0.4) is 0 Å². The lowest BCUT2D eigenvalue weighted by molar-refractivity contribution is -0.110. The van der Waals surface area contributed by atoms with Crippen molar-refractivity contribution in [2.24, 2.45) is 0 Å². The molecule has 0 unspecified atom stereocenters. The summed E-state index contributed by atoms with van der Waals surface area (Å²) in [5.74, 6) is -0.254. The van der Waals surface area contributed by atoms with Crippen LogP contribution in [0, 0.1) is 0 Å². The fourth-order valence-corrected chi connectivity index (χ4v) is 0.837. The first-order valence-corrected chi connectivity index (χ1v) is 3.97. The summed E-state index contributed by atoms with van der Waals surface area (Å²) in [4.78, 5) is 0. The van der Waals surface area contributed by atoms with E-state index in [1.54, 1.807) is 0 Å². The largest absolute Gasteiger partial charge is 0.394 e. The summed E-state index contributed by atoms with van der Waals surface area (Å²) in [6.07, 6.45) is -5.94. The van der Waals surface area contributed by atoms with Crippen LogP contribution in [0.2, 0.25) is 0 Å². The van der Waals surface area contributed by atoms with Crippen LogP contribution in [0.25, 0.3) is 0 Å². The maximum Gasteiger partial charge on any atom is 0.111 e. The van der Waals surface area contributed by atoms with E-state index in [0.717, 1.165) is 0 Å². The van der Waals surface area contributed by atoms with Gasteiger partial charge < -0.3 is 25.5 Å². The first-order chi connectivity index (χ1) is 5.54. The van der Waals surface area contributed by atoms with Crippen LogP contribution in [-0.4, -0.2) is 62.4 Å². The van der Waals surface area contributed by atoms with Gasteiger partial charge in [0.05, 0.1) is 18.6 Å². The van der Waals surface area contributed by atoms with Gasteiger partial charge in [-0.2, -0.15) is 0 Å². The zero-order valence-electron chi connectivity index (χ0n) is 6.34. The molecule has 0 aliphatic rings. The van der Waals surface area contributed by atoms with Crippen molar-refractivity contribution in [1.82, 2.24) is 0 Å². The van der Waals surface area contributed by atoms with Gasteiger partial charge in [-0.3, -0.25) is 0 Å². The number of aliphatic hydroxyl groups excluding tert-OH is 5. The number of rotatable bonds is 5. The molecular formula is C6H13ClO5. The molecule has 0 aromatic rings. The molecule has 0 bridgehead atoms. The van der Waals surface area contributed by atoms with Crippen LogP contribution in [-0.2, 0) is 0 Å². The Morgan fingerprint density at radius 1 is 0.917 bits per heavy atom. The molecule has 0 saturated heterocycles. The molecule has 0 heterocycles. The van der Waals surface area contributed by atoms with E-state index >= 15 is 0 Å². The van der Waals surface area contributed by atoms with Gasteiger partial charge in [-0.1, -0.05) is 0 Å². The first-order valence-electron chi connectivity index (χ1n) is 3.43. The van der Waals surface area contributed by atoms with E-state index in [1.807, 2.05) is 0 Å². The Bertz CT molecular complexity index is 109. The molecule has 6 heteroatoms. The maximum absolute atomic E-state index is 9.03. The highest BCUT2D eigenvalue weighted by Crippen LogP contribution is 2.05. The highest BCUT2D eigenvalue weighted by atomic mass is 35.5. The van der Waals surface area contributed by atoms with E-state index in [2.05, 4.69) is 0 Å². The van der Waals surface area contributed by atoms with Gasteiger partial charge in [-0.25, -0.2) is 0 Å². The van der Waals surface area contributed by atoms with Crippen molar-refractivity contribution in [1.29, 1.82) is 0 Å². The third-order valence-corrected chi connectivity index (χ3v) is 1.80. The highest BCUT2D eigenvalue weighted by Gasteiger charge is 2.29. The van der Waals surface area contributed by atoms with E-state index in [4.69, 9.17) is 37.1 Å². The molecule has 0 aliphatic heterocycles. The minimum absolute atomic E-state index is 0.254. The van der Waals surface area contributed by atoms with Crippen LogP contribution < -0.4 is 0 Å². The maximum atomic E-state index is 9.03. The Morgan fingerprint density at radius 3 is 1.67 bits per heavy atom. The van der Waals surface area contributed by atoms with Crippen molar-refractivity contribution in [3.05, 3.63) is 0 Å². The molecule has 5 N–H and O–H groups in total. The molecule has 0 aromatic heterocycles. The second kappa shape index (κ2) is 5.69. The molecule has 74 valence electrons. The lowest BCUT2D eigenvalue weighted by atomic mass is 10.0. The van der Waals surface area contributed by atoms with Gasteiger partial charge in [0.1, 0.15) is 18.3 Å². The fraction of sp³-hybridized carbons (Fsp3) is 1.00. The summed E-state index contributed by atoms with van der Waals surface area (Å²) < 4.78 is 0. The van der Waals surface area contributed by atoms with Crippen molar-refractivity contribution < 1.29 is 25.5 Å². The van der Waals surface area contributed by atoms with Crippen LogP contribution >= 0.6 is 11.6 Å². The predicted octanol–water partition coefficient (Wildman–Crippen LogP) is -2.34. The number of hydrogen-bond donors (Lipinski definition) is 5. The van der Waals surface area contributed by atoms with Crippen molar-refractivity contribution in [3.8, 4) is 0 Å². The van der Waals surface area contributed by atoms with E-state index in [0.29, 0.717) is 0 Å². The average molecular weight is 201 g/mol. The second-order valence-electron chi connectivity index (χ2n) is 2.45. The normalized spacial score (nSPS) is 21.5. The van der Waals surface area contributed by atoms with E-state index < -0.39 is 31.0 Å². The molecule has 0 saturated carbocycles. The summed E-state index contributed by atoms with van der Waals surface area (Å²) >= 11 is 5.17. The molecule has 0 fully saturated rings. The topological polar surface area (TPSA) is 101 Å². The summed E-state index contributed by atoms with van der Waals surface area (Å²) in [7, 11) is 0. The molecule has 0 amide bonds. The summed E-state index contributed by atoms with van der Waals surface area (Å²) in [5.41, 5.74) is 0. The van der Waals surface area contributed by atoms with Gasteiger partial charge >= 0.3 is 0 Å². The molecule has 0 spiro atoms. The van der Waals surface area contributed by atoms with Crippen LogP contribution in [0.4, 0.5) is 0 Å². The molecule has 4 atom stereocenters. The average Bonchev–Trinajstić information content (AvgIpc) is 2.12. The van der Waals surface area contributed by atoms with Crippen molar-refractivity contribution in [2.75, 3.05) is 12.5 Å². The van der Waals surface area contributed by atoms with E-state index in [9.17, 15) is 0 Å². The minimum atomic E-state index is -1.59. The van der Waals surface area contributed by atoms with Crippen molar-refractivity contribution >= 4 is 11.6 Å². The van der Waals surface area contributed by atoms with Crippen LogP contribution in [0.1, 0.15) is 0 Å². The van der Waals surface area contributed by atoms with Gasteiger partial charge in [0.15, 0.2) is 0 Å². The van der Waals surface area contributed by atoms with Crippen LogP contribution in [0.15, 0.2) is 0 Å². The Kier molecular flexibility index (Phi) is 5.73. The van der Waals surface area contributed by atoms with Crippen molar-refractivity contribution in [3.63, 3.8) is 0 Å². The second-order valence-corrected chi connectivity index (χ2v) is 2.76. The molecular weight excluding hydrogens is 188 g/mol. The van der Waals surface area contributed by atoms with Crippen LogP contribution in [0.5, 0.6) is 0 Å². The Hall–Kier alpha value is 0.0900. The third kappa shape index (κ3) is 3.22. The lowest BCUT2D eigenvalue weighted by Crippen LogP contribution is -2.46. The molecule has 0 aliphatic carbocycles. The number of alkyl halides is 1. The highest BCUT2D eigenvalue weighted by molar-refractivity contribution is 6.18. The van der Waals surface area contributed by atoms with Gasteiger partial charge in [0.25, 0.3) is 0 Å². The number of aliphatic hydroxyl groups is 5. The quantitative estimate of drug-likeness (QED) is 0.320. The Balaban J connectivity index is 3.99. The zero-order valence-corrected chi connectivity index (χ0v) is 7.09. The molecule has 12 heavy (non-hydrogen) atoms. The molecule has 0 radical (unpaired) electrons. The van der Waals surface area contributed by atoms with Gasteiger partial charge in [0, 0.05) is 0 Å². The predicted molar refractivity (Wildman–Crippen MR) is 41.8 cm³/mol. The molecule has 0 rings (SSSR count). The number of halogens is 1. The Morgan fingerprint density at radius 2 is 1.33 bits per heavy atom. The molecule has 5 nitrogen and oxygen atoms in total. The Labute approximate surface area is 74.8 Å². The van der Waals surface area contributed by atoms with Crippen molar-refractivity contribution in [2.45, 2.75) is 24.4 Å². The monoisotopic (exact) mass is 200 g/mol. The summed E-state index contributed by atoms with van der Waals surface area (Å²) in [5, 5.41) is 44.1. The SMILES string of the molecule is OC[C@H](O)[C@H](O)[C@H](O)[C@H](O)CCl. The first kappa shape index (κ1) is 12.1. The van der Waals surface area contributed by atoms with E-state index in [1.165, 1.54) is 0 Å². The fourth-order valence-electron chi connectivity index (χ4n) is 0.654. The van der Waals surface area contributed by atoms with E-state index in [-0.39, 0.29) is 5.88 Å². The van der Waals surface area contributed by atoms with Gasteiger partial charge in [0.2, 0.25) is 0 Å². The van der Waals surface area contributed by atoms with Gasteiger partial charge in [-0.15, -0.1) is 11.6 Å². The third-order valence-electron chi connectivity index (χ3n) is 1.48. The molecule has 0 aromatic carbocycles. The summed E-state index contributed by atoms with van der Waals surface area (Å²) in [6, 6.07) is 0. The lowest BCUT2D eigenvalue weighted by Gasteiger charge is -2.24. The minimum Gasteiger partial charge on any atom is -0.394 e. The smallest absolute Gasteiger partial charge is 0.111 e. The van der Waals surface area contributed by atoms with Gasteiger partial charge in [-0.05, 0) is 0 Å². The number of hydrogen-bond acceptors (Lipinski definition) is 5. The zero-order chi connectivity index (χ0) is 9.72. The standard InChI is InChI=1S/C6H13ClO5/c7-1-3(9)5(11)6(12)4(10)2-8/h3-6,8-12H,1-2H2/t3-,4+,5-,6+/m1/s1.